The molecule has 6 heteroatoms. The fourth-order valence-electron chi connectivity index (χ4n) is 1.71. The number of anilines is 1. The summed E-state index contributed by atoms with van der Waals surface area (Å²) in [7, 11) is 1.62. The van der Waals surface area contributed by atoms with E-state index < -0.39 is 5.91 Å². The summed E-state index contributed by atoms with van der Waals surface area (Å²) in [5, 5.41) is 3.42. The Morgan fingerprint density at radius 2 is 2.10 bits per heavy atom. The minimum absolute atomic E-state index is 0.298. The number of halogens is 1. The molecule has 0 unspecified atom stereocenters. The fourth-order valence-corrected chi connectivity index (χ4v) is 1.87. The van der Waals surface area contributed by atoms with Gasteiger partial charge in [0.1, 0.15) is 10.9 Å². The number of rotatable bonds is 5. The minimum atomic E-state index is -0.550. The van der Waals surface area contributed by atoms with Gasteiger partial charge in [0.15, 0.2) is 0 Å². The van der Waals surface area contributed by atoms with Crippen LogP contribution in [0.3, 0.4) is 0 Å². The quantitative estimate of drug-likeness (QED) is 0.830. The molecule has 0 saturated carbocycles. The van der Waals surface area contributed by atoms with Crippen LogP contribution in [-0.4, -0.2) is 18.0 Å². The molecule has 2 aromatic rings. The van der Waals surface area contributed by atoms with Gasteiger partial charge in [0.05, 0.1) is 18.4 Å². The summed E-state index contributed by atoms with van der Waals surface area (Å²) in [6, 6.07) is 9.17. The van der Waals surface area contributed by atoms with E-state index in [9.17, 15) is 4.79 Å². The van der Waals surface area contributed by atoms with E-state index in [0.717, 1.165) is 11.3 Å². The van der Waals surface area contributed by atoms with Gasteiger partial charge in [-0.1, -0.05) is 23.7 Å². The number of nitrogens with two attached hydrogens (primary N) is 1. The third-order valence-electron chi connectivity index (χ3n) is 2.78. The fraction of sp³-hybridized carbons (Fsp3) is 0.143. The van der Waals surface area contributed by atoms with Crippen LogP contribution in [0, 0.1) is 0 Å². The van der Waals surface area contributed by atoms with Crippen molar-refractivity contribution < 1.29 is 9.53 Å². The van der Waals surface area contributed by atoms with Crippen LogP contribution in [0.2, 0.25) is 5.15 Å². The number of methoxy groups -OCH3 is 1. The number of pyridine rings is 1. The van der Waals surface area contributed by atoms with Gasteiger partial charge in [0, 0.05) is 12.7 Å². The van der Waals surface area contributed by atoms with Crippen LogP contribution in [0.4, 0.5) is 5.69 Å². The highest BCUT2D eigenvalue weighted by Crippen LogP contribution is 2.19. The summed E-state index contributed by atoms with van der Waals surface area (Å²) in [6.07, 6.45) is 1.36. The van der Waals surface area contributed by atoms with Crippen molar-refractivity contribution in [2.24, 2.45) is 5.73 Å². The predicted octanol–water partition coefficient (Wildman–Crippen LogP) is 2.45. The number of carbonyl (C=O) groups excluding carboxylic acids is 1. The SMILES string of the molecule is COc1ccc(CNc2cc(Cl)ncc2C(N)=O)cc1. The number of aromatic nitrogens is 1. The zero-order valence-corrected chi connectivity index (χ0v) is 11.6. The first kappa shape index (κ1) is 14.1. The van der Waals surface area contributed by atoms with E-state index in [1.807, 2.05) is 24.3 Å². The van der Waals surface area contributed by atoms with Crippen LogP contribution in [0.1, 0.15) is 15.9 Å². The Labute approximate surface area is 121 Å². The second-order valence-electron chi connectivity index (χ2n) is 4.12. The number of hydrogen-bond donors (Lipinski definition) is 2. The Kier molecular flexibility index (Phi) is 4.42. The van der Waals surface area contributed by atoms with E-state index in [2.05, 4.69) is 10.3 Å². The number of ether oxygens (including phenoxy) is 1. The lowest BCUT2D eigenvalue weighted by atomic mass is 10.2. The molecule has 0 fully saturated rings. The van der Waals surface area contributed by atoms with Crippen molar-refractivity contribution in [3.05, 3.63) is 52.8 Å². The molecule has 0 bridgehead atoms. The van der Waals surface area contributed by atoms with Crippen LogP contribution < -0.4 is 15.8 Å². The van der Waals surface area contributed by atoms with Gasteiger partial charge in [-0.3, -0.25) is 4.79 Å². The molecular weight excluding hydrogens is 278 g/mol. The van der Waals surface area contributed by atoms with Crippen molar-refractivity contribution in [3.63, 3.8) is 0 Å². The first-order valence-electron chi connectivity index (χ1n) is 5.92. The molecule has 3 N–H and O–H groups in total. The average Bonchev–Trinajstić information content (AvgIpc) is 2.45. The van der Waals surface area contributed by atoms with Gasteiger partial charge in [-0.25, -0.2) is 4.98 Å². The van der Waals surface area contributed by atoms with Gasteiger partial charge in [-0.2, -0.15) is 0 Å². The molecule has 0 atom stereocenters. The molecule has 2 rings (SSSR count). The Hall–Kier alpha value is -2.27. The third-order valence-corrected chi connectivity index (χ3v) is 2.98. The minimum Gasteiger partial charge on any atom is -0.497 e. The highest BCUT2D eigenvalue weighted by molar-refractivity contribution is 6.29. The maximum atomic E-state index is 11.3. The number of nitrogens with one attached hydrogen (secondary N) is 1. The van der Waals surface area contributed by atoms with Gasteiger partial charge in [-0.05, 0) is 23.8 Å². The van der Waals surface area contributed by atoms with Crippen molar-refractivity contribution in [1.82, 2.24) is 4.98 Å². The lowest BCUT2D eigenvalue weighted by Gasteiger charge is -2.10. The molecule has 0 aliphatic carbocycles. The molecule has 0 aliphatic heterocycles. The highest BCUT2D eigenvalue weighted by Gasteiger charge is 2.09. The summed E-state index contributed by atoms with van der Waals surface area (Å²) >= 11 is 5.82. The number of benzene rings is 1. The molecule has 104 valence electrons. The number of hydrogen-bond acceptors (Lipinski definition) is 4. The number of carbonyl (C=O) groups is 1. The van der Waals surface area contributed by atoms with Gasteiger partial charge in [0.25, 0.3) is 5.91 Å². The summed E-state index contributed by atoms with van der Waals surface area (Å²) < 4.78 is 5.09. The van der Waals surface area contributed by atoms with Crippen LogP contribution >= 0.6 is 11.6 Å². The Morgan fingerprint density at radius 1 is 1.40 bits per heavy atom. The molecule has 5 nitrogen and oxygen atoms in total. The van der Waals surface area contributed by atoms with Gasteiger partial charge in [0.2, 0.25) is 0 Å². The predicted molar refractivity (Wildman–Crippen MR) is 78.1 cm³/mol. The standard InChI is InChI=1S/C14H14ClN3O2/c1-20-10-4-2-9(3-5-10)7-17-12-6-13(15)18-8-11(12)14(16)19/h2-6,8H,7H2,1H3,(H2,16,19)(H,17,18). The Morgan fingerprint density at radius 3 is 2.70 bits per heavy atom. The molecule has 0 spiro atoms. The monoisotopic (exact) mass is 291 g/mol. The van der Waals surface area contributed by atoms with E-state index in [4.69, 9.17) is 22.1 Å². The van der Waals surface area contributed by atoms with Crippen molar-refractivity contribution in [3.8, 4) is 5.75 Å². The second-order valence-corrected chi connectivity index (χ2v) is 4.51. The van der Waals surface area contributed by atoms with Crippen LogP contribution in [-0.2, 0) is 6.54 Å². The second kappa shape index (κ2) is 6.25. The first-order valence-corrected chi connectivity index (χ1v) is 6.30. The summed E-state index contributed by atoms with van der Waals surface area (Å²) in [6.45, 7) is 0.532. The molecule has 0 aliphatic rings. The Bertz CT molecular complexity index is 614. The molecule has 20 heavy (non-hydrogen) atoms. The van der Waals surface area contributed by atoms with E-state index >= 15 is 0 Å². The summed E-state index contributed by atoms with van der Waals surface area (Å²) in [5.74, 6) is 0.241. The lowest BCUT2D eigenvalue weighted by molar-refractivity contribution is 0.100. The zero-order chi connectivity index (χ0) is 14.5. The number of amides is 1. The van der Waals surface area contributed by atoms with E-state index in [-0.39, 0.29) is 0 Å². The van der Waals surface area contributed by atoms with Crippen LogP contribution in [0.25, 0.3) is 0 Å². The smallest absolute Gasteiger partial charge is 0.252 e. The summed E-state index contributed by atoms with van der Waals surface area (Å²) in [5.41, 5.74) is 7.20. The topological polar surface area (TPSA) is 77.2 Å². The van der Waals surface area contributed by atoms with Crippen LogP contribution in [0.15, 0.2) is 36.5 Å². The number of primary amides is 1. The van der Waals surface area contributed by atoms with Gasteiger partial charge >= 0.3 is 0 Å². The van der Waals surface area contributed by atoms with E-state index in [1.165, 1.54) is 6.20 Å². The number of nitrogens with zero attached hydrogens (tertiary/aromatic N) is 1. The van der Waals surface area contributed by atoms with Crippen molar-refractivity contribution in [2.45, 2.75) is 6.54 Å². The van der Waals surface area contributed by atoms with E-state index in [1.54, 1.807) is 13.2 Å². The Balaban J connectivity index is 2.13. The van der Waals surface area contributed by atoms with Gasteiger partial charge < -0.3 is 15.8 Å². The first-order chi connectivity index (χ1) is 9.60. The molecule has 1 aromatic heterocycles. The normalized spacial score (nSPS) is 10.1. The van der Waals surface area contributed by atoms with Crippen molar-refractivity contribution in [2.75, 3.05) is 12.4 Å². The molecular formula is C14H14ClN3O2. The maximum Gasteiger partial charge on any atom is 0.252 e. The largest absolute Gasteiger partial charge is 0.497 e. The molecule has 1 heterocycles. The van der Waals surface area contributed by atoms with Crippen molar-refractivity contribution >= 4 is 23.2 Å². The third kappa shape index (κ3) is 3.39. The molecule has 1 aromatic carbocycles. The molecule has 0 saturated heterocycles. The molecule has 1 amide bonds. The maximum absolute atomic E-state index is 11.3. The lowest BCUT2D eigenvalue weighted by Crippen LogP contribution is -2.15. The zero-order valence-electron chi connectivity index (χ0n) is 10.9. The van der Waals surface area contributed by atoms with Crippen LogP contribution in [0.5, 0.6) is 5.75 Å². The van der Waals surface area contributed by atoms with Gasteiger partial charge in [-0.15, -0.1) is 0 Å². The average molecular weight is 292 g/mol. The van der Waals surface area contributed by atoms with Crippen molar-refractivity contribution in [1.29, 1.82) is 0 Å². The molecule has 0 radical (unpaired) electrons. The highest BCUT2D eigenvalue weighted by atomic mass is 35.5. The van der Waals surface area contributed by atoms with E-state index in [0.29, 0.717) is 22.9 Å². The summed E-state index contributed by atoms with van der Waals surface area (Å²) in [4.78, 5) is 15.2.